The third kappa shape index (κ3) is 3.05. The summed E-state index contributed by atoms with van der Waals surface area (Å²) < 4.78 is 10.8. The molecular weight excluding hydrogens is 256 g/mol. The number of aliphatic hydroxyl groups excluding tert-OH is 1. The van der Waals surface area contributed by atoms with E-state index in [2.05, 4.69) is 4.98 Å². The quantitative estimate of drug-likeness (QED) is 0.899. The Morgan fingerprint density at radius 3 is 2.85 bits per heavy atom. The van der Waals surface area contributed by atoms with Crippen LogP contribution in [0.1, 0.15) is 16.8 Å². The van der Waals surface area contributed by atoms with Crippen LogP contribution in [-0.4, -0.2) is 17.2 Å². The lowest BCUT2D eigenvalue weighted by molar-refractivity contribution is 0.257. The standard InChI is InChI=1S/C15H14N2O3/c1-19-13-5-4-11(9-18)15(7-13)20-10-12-3-2-6-17-14(12)8-16/h2-7,18H,9-10H2,1H3. The molecule has 0 fully saturated rings. The van der Waals surface area contributed by atoms with Crippen molar-refractivity contribution in [2.75, 3.05) is 7.11 Å². The molecule has 5 heteroatoms. The highest BCUT2D eigenvalue weighted by Crippen LogP contribution is 2.25. The van der Waals surface area contributed by atoms with Crippen molar-refractivity contribution < 1.29 is 14.6 Å². The number of benzene rings is 1. The Bertz CT molecular complexity index is 635. The number of nitriles is 1. The molecule has 2 aromatic rings. The fourth-order valence-electron chi connectivity index (χ4n) is 1.74. The van der Waals surface area contributed by atoms with Gasteiger partial charge in [-0.1, -0.05) is 6.07 Å². The third-order valence-electron chi connectivity index (χ3n) is 2.83. The summed E-state index contributed by atoms with van der Waals surface area (Å²) in [7, 11) is 1.56. The Hall–Kier alpha value is -2.58. The molecule has 0 bridgehead atoms. The van der Waals surface area contributed by atoms with Crippen LogP contribution in [0.3, 0.4) is 0 Å². The second kappa shape index (κ2) is 6.55. The normalized spacial score (nSPS) is 9.85. The number of pyridine rings is 1. The Morgan fingerprint density at radius 1 is 1.30 bits per heavy atom. The van der Waals surface area contributed by atoms with Crippen molar-refractivity contribution in [1.82, 2.24) is 4.98 Å². The van der Waals surface area contributed by atoms with Gasteiger partial charge in [0, 0.05) is 23.4 Å². The fourth-order valence-corrected chi connectivity index (χ4v) is 1.74. The van der Waals surface area contributed by atoms with Crippen LogP contribution in [0.5, 0.6) is 11.5 Å². The third-order valence-corrected chi connectivity index (χ3v) is 2.83. The van der Waals surface area contributed by atoms with Gasteiger partial charge in [-0.2, -0.15) is 5.26 Å². The summed E-state index contributed by atoms with van der Waals surface area (Å²) in [4.78, 5) is 3.97. The number of hydrogen-bond acceptors (Lipinski definition) is 5. The number of hydrogen-bond donors (Lipinski definition) is 1. The smallest absolute Gasteiger partial charge is 0.147 e. The molecule has 0 aliphatic rings. The topological polar surface area (TPSA) is 75.4 Å². The summed E-state index contributed by atoms with van der Waals surface area (Å²) in [6, 6.07) is 10.7. The van der Waals surface area contributed by atoms with E-state index in [1.54, 1.807) is 43.6 Å². The zero-order chi connectivity index (χ0) is 14.4. The van der Waals surface area contributed by atoms with Crippen molar-refractivity contribution in [3.8, 4) is 17.6 Å². The largest absolute Gasteiger partial charge is 0.497 e. The van der Waals surface area contributed by atoms with Gasteiger partial charge in [-0.15, -0.1) is 0 Å². The molecule has 0 radical (unpaired) electrons. The molecular formula is C15H14N2O3. The molecule has 0 spiro atoms. The van der Waals surface area contributed by atoms with E-state index in [9.17, 15) is 5.11 Å². The van der Waals surface area contributed by atoms with E-state index in [0.717, 1.165) is 0 Å². The molecule has 1 N–H and O–H groups in total. The number of aliphatic hydroxyl groups is 1. The predicted octanol–water partition coefficient (Wildman–Crippen LogP) is 2.03. The lowest BCUT2D eigenvalue weighted by Crippen LogP contribution is -2.02. The summed E-state index contributed by atoms with van der Waals surface area (Å²) >= 11 is 0. The van der Waals surface area contributed by atoms with Crippen LogP contribution in [-0.2, 0) is 13.2 Å². The van der Waals surface area contributed by atoms with Crippen molar-refractivity contribution in [1.29, 1.82) is 5.26 Å². The van der Waals surface area contributed by atoms with Crippen LogP contribution in [0.15, 0.2) is 36.5 Å². The van der Waals surface area contributed by atoms with Gasteiger partial charge in [-0.3, -0.25) is 0 Å². The zero-order valence-electron chi connectivity index (χ0n) is 11.0. The minimum absolute atomic E-state index is 0.128. The van der Waals surface area contributed by atoms with Gasteiger partial charge >= 0.3 is 0 Å². The van der Waals surface area contributed by atoms with Gasteiger partial charge in [-0.05, 0) is 18.2 Å². The van der Waals surface area contributed by atoms with Crippen molar-refractivity contribution in [2.24, 2.45) is 0 Å². The monoisotopic (exact) mass is 270 g/mol. The molecule has 20 heavy (non-hydrogen) atoms. The van der Waals surface area contributed by atoms with E-state index in [1.165, 1.54) is 0 Å². The van der Waals surface area contributed by atoms with E-state index in [-0.39, 0.29) is 13.2 Å². The number of aromatic nitrogens is 1. The molecule has 102 valence electrons. The van der Waals surface area contributed by atoms with Crippen molar-refractivity contribution in [3.05, 3.63) is 53.3 Å². The second-order valence-corrected chi connectivity index (χ2v) is 4.04. The van der Waals surface area contributed by atoms with Gasteiger partial charge < -0.3 is 14.6 Å². The average Bonchev–Trinajstić information content (AvgIpc) is 2.52. The first kappa shape index (κ1) is 13.8. The Balaban J connectivity index is 2.20. The first-order chi connectivity index (χ1) is 9.78. The summed E-state index contributed by atoms with van der Waals surface area (Å²) in [5.74, 6) is 1.17. The highest BCUT2D eigenvalue weighted by molar-refractivity contribution is 5.41. The number of methoxy groups -OCH3 is 1. The first-order valence-corrected chi connectivity index (χ1v) is 6.03. The molecule has 0 unspecified atom stereocenters. The summed E-state index contributed by atoms with van der Waals surface area (Å²) in [6.07, 6.45) is 1.56. The lowest BCUT2D eigenvalue weighted by Gasteiger charge is -2.12. The predicted molar refractivity (Wildman–Crippen MR) is 72.2 cm³/mol. The number of nitrogens with zero attached hydrogens (tertiary/aromatic N) is 2. The van der Waals surface area contributed by atoms with Crippen LogP contribution in [0.4, 0.5) is 0 Å². The van der Waals surface area contributed by atoms with Gasteiger partial charge in [0.1, 0.15) is 29.9 Å². The second-order valence-electron chi connectivity index (χ2n) is 4.04. The van der Waals surface area contributed by atoms with E-state index in [4.69, 9.17) is 14.7 Å². The van der Waals surface area contributed by atoms with Crippen LogP contribution in [0, 0.1) is 11.3 Å². The van der Waals surface area contributed by atoms with Crippen LogP contribution in [0.25, 0.3) is 0 Å². The summed E-state index contributed by atoms with van der Waals surface area (Å²) in [6.45, 7) is 0.0778. The van der Waals surface area contributed by atoms with Gasteiger partial charge in [0.25, 0.3) is 0 Å². The molecule has 5 nitrogen and oxygen atoms in total. The highest BCUT2D eigenvalue weighted by atomic mass is 16.5. The van der Waals surface area contributed by atoms with Crippen molar-refractivity contribution in [2.45, 2.75) is 13.2 Å². The van der Waals surface area contributed by atoms with E-state index >= 15 is 0 Å². The Labute approximate surface area is 117 Å². The molecule has 2 rings (SSSR count). The van der Waals surface area contributed by atoms with Gasteiger partial charge in [0.15, 0.2) is 0 Å². The van der Waals surface area contributed by atoms with E-state index in [1.807, 2.05) is 6.07 Å². The summed E-state index contributed by atoms with van der Waals surface area (Å²) in [5.41, 5.74) is 1.69. The number of ether oxygens (including phenoxy) is 2. The SMILES string of the molecule is COc1ccc(CO)c(OCc2cccnc2C#N)c1. The van der Waals surface area contributed by atoms with Crippen LogP contribution < -0.4 is 9.47 Å². The molecule has 0 atom stereocenters. The maximum atomic E-state index is 9.29. The van der Waals surface area contributed by atoms with Crippen molar-refractivity contribution >= 4 is 0 Å². The minimum atomic E-state index is -0.128. The maximum Gasteiger partial charge on any atom is 0.147 e. The molecule has 0 saturated heterocycles. The maximum absolute atomic E-state index is 9.29. The fraction of sp³-hybridized carbons (Fsp3) is 0.200. The highest BCUT2D eigenvalue weighted by Gasteiger charge is 2.08. The molecule has 1 aromatic carbocycles. The first-order valence-electron chi connectivity index (χ1n) is 6.03. The van der Waals surface area contributed by atoms with Gasteiger partial charge in [-0.25, -0.2) is 4.98 Å². The minimum Gasteiger partial charge on any atom is -0.497 e. The molecule has 0 aliphatic carbocycles. The lowest BCUT2D eigenvalue weighted by atomic mass is 10.2. The molecule has 1 aromatic heterocycles. The van der Waals surface area contributed by atoms with Gasteiger partial charge in [0.05, 0.1) is 13.7 Å². The number of rotatable bonds is 5. The molecule has 0 aliphatic heterocycles. The Kier molecular flexibility index (Phi) is 4.53. The van der Waals surface area contributed by atoms with Crippen molar-refractivity contribution in [3.63, 3.8) is 0 Å². The van der Waals surface area contributed by atoms with Crippen LogP contribution in [0.2, 0.25) is 0 Å². The average molecular weight is 270 g/mol. The van der Waals surface area contributed by atoms with E-state index in [0.29, 0.717) is 28.3 Å². The Morgan fingerprint density at radius 2 is 2.15 bits per heavy atom. The summed E-state index contributed by atoms with van der Waals surface area (Å²) in [5, 5.41) is 18.3. The molecule has 0 amide bonds. The zero-order valence-corrected chi connectivity index (χ0v) is 11.0. The molecule has 1 heterocycles. The van der Waals surface area contributed by atoms with Crippen LogP contribution >= 0.6 is 0 Å². The van der Waals surface area contributed by atoms with E-state index < -0.39 is 0 Å². The molecule has 0 saturated carbocycles. The van der Waals surface area contributed by atoms with Gasteiger partial charge in [0.2, 0.25) is 0 Å².